The molecule has 0 unspecified atom stereocenters. The number of ether oxygens (including phenoxy) is 1. The van der Waals surface area contributed by atoms with Crippen LogP contribution in [-0.2, 0) is 11.3 Å². The SMILES string of the molecule is COCCn1c(=NC(=O)c2c(C)nc3ccccn23)sc2cccc(F)c21. The number of benzene rings is 1. The van der Waals surface area contributed by atoms with Gasteiger partial charge in [-0.3, -0.25) is 9.20 Å². The summed E-state index contributed by atoms with van der Waals surface area (Å²) in [6.45, 7) is 2.56. The molecule has 0 saturated carbocycles. The Morgan fingerprint density at radius 2 is 2.15 bits per heavy atom. The number of amides is 1. The predicted octanol–water partition coefficient (Wildman–Crippen LogP) is 3.19. The van der Waals surface area contributed by atoms with E-state index >= 15 is 0 Å². The Kier molecular flexibility index (Phi) is 4.59. The van der Waals surface area contributed by atoms with Gasteiger partial charge in [0, 0.05) is 19.9 Å². The summed E-state index contributed by atoms with van der Waals surface area (Å²) >= 11 is 1.28. The number of carbonyl (C=O) groups is 1. The fourth-order valence-electron chi connectivity index (χ4n) is 3.07. The van der Waals surface area contributed by atoms with Crippen LogP contribution in [0.25, 0.3) is 15.9 Å². The van der Waals surface area contributed by atoms with Crippen molar-refractivity contribution in [2.75, 3.05) is 13.7 Å². The second-order valence-corrected chi connectivity index (χ2v) is 7.02. The van der Waals surface area contributed by atoms with Gasteiger partial charge in [0.05, 0.1) is 22.5 Å². The summed E-state index contributed by atoms with van der Waals surface area (Å²) in [6, 6.07) is 10.4. The highest BCUT2D eigenvalue weighted by atomic mass is 32.1. The average molecular weight is 384 g/mol. The number of methoxy groups -OCH3 is 1. The molecule has 0 spiro atoms. The standard InChI is InChI=1S/C19H17FN4O2S/c1-12-16(23-9-4-3-8-15(23)21-12)18(25)22-19-24(10-11-26-2)17-13(20)6-5-7-14(17)27-19/h3-9H,10-11H2,1-2H3. The number of carbonyl (C=O) groups excluding carboxylic acids is 1. The monoisotopic (exact) mass is 384 g/mol. The van der Waals surface area contributed by atoms with Gasteiger partial charge in [-0.05, 0) is 31.2 Å². The highest BCUT2D eigenvalue weighted by Gasteiger charge is 2.17. The minimum absolute atomic E-state index is 0.347. The third-order valence-corrected chi connectivity index (χ3v) is 5.32. The number of imidazole rings is 1. The van der Waals surface area contributed by atoms with E-state index in [-0.39, 0.29) is 5.82 Å². The van der Waals surface area contributed by atoms with Crippen molar-refractivity contribution in [3.05, 3.63) is 64.6 Å². The number of para-hydroxylation sites is 1. The summed E-state index contributed by atoms with van der Waals surface area (Å²) in [7, 11) is 1.58. The van der Waals surface area contributed by atoms with Crippen LogP contribution >= 0.6 is 11.3 Å². The van der Waals surface area contributed by atoms with E-state index in [1.54, 1.807) is 35.3 Å². The molecule has 0 aliphatic heterocycles. The highest BCUT2D eigenvalue weighted by molar-refractivity contribution is 7.16. The molecule has 3 heterocycles. The minimum atomic E-state index is -0.413. The molecule has 0 fully saturated rings. The summed E-state index contributed by atoms with van der Waals surface area (Å²) < 4.78 is 23.6. The molecule has 0 radical (unpaired) electrons. The number of halogens is 1. The van der Waals surface area contributed by atoms with Gasteiger partial charge in [-0.25, -0.2) is 9.37 Å². The number of fused-ring (bicyclic) bond motifs is 2. The number of rotatable bonds is 4. The van der Waals surface area contributed by atoms with Crippen LogP contribution in [0.4, 0.5) is 4.39 Å². The van der Waals surface area contributed by atoms with Gasteiger partial charge in [0.2, 0.25) is 0 Å². The van der Waals surface area contributed by atoms with Gasteiger partial charge in [-0.1, -0.05) is 23.5 Å². The van der Waals surface area contributed by atoms with E-state index in [0.29, 0.717) is 40.5 Å². The first kappa shape index (κ1) is 17.6. The molecular weight excluding hydrogens is 367 g/mol. The Morgan fingerprint density at radius 1 is 1.30 bits per heavy atom. The van der Waals surface area contributed by atoms with Gasteiger partial charge in [0.1, 0.15) is 17.2 Å². The molecule has 0 saturated heterocycles. The molecule has 1 amide bonds. The summed E-state index contributed by atoms with van der Waals surface area (Å²) in [6.07, 6.45) is 1.78. The maximum absolute atomic E-state index is 14.4. The van der Waals surface area contributed by atoms with Crippen molar-refractivity contribution in [3.8, 4) is 0 Å². The largest absolute Gasteiger partial charge is 0.383 e. The number of aromatic nitrogens is 3. The van der Waals surface area contributed by atoms with E-state index < -0.39 is 5.91 Å². The van der Waals surface area contributed by atoms with E-state index in [9.17, 15) is 9.18 Å². The Labute approximate surface area is 158 Å². The number of thiazole rings is 1. The van der Waals surface area contributed by atoms with Crippen LogP contribution in [0.2, 0.25) is 0 Å². The van der Waals surface area contributed by atoms with Crippen LogP contribution in [0.1, 0.15) is 16.2 Å². The molecule has 27 heavy (non-hydrogen) atoms. The highest BCUT2D eigenvalue weighted by Crippen LogP contribution is 2.21. The molecule has 1 aromatic carbocycles. The molecular formula is C19H17FN4O2S. The quantitative estimate of drug-likeness (QED) is 0.543. The Balaban J connectivity index is 1.90. The van der Waals surface area contributed by atoms with Gasteiger partial charge in [0.25, 0.3) is 5.91 Å². The molecule has 0 aliphatic rings. The van der Waals surface area contributed by atoms with Crippen molar-refractivity contribution in [3.63, 3.8) is 0 Å². The van der Waals surface area contributed by atoms with Crippen molar-refractivity contribution in [2.24, 2.45) is 4.99 Å². The van der Waals surface area contributed by atoms with E-state index in [4.69, 9.17) is 4.74 Å². The van der Waals surface area contributed by atoms with Gasteiger partial charge in [0.15, 0.2) is 4.80 Å². The van der Waals surface area contributed by atoms with E-state index in [1.165, 1.54) is 17.4 Å². The lowest BCUT2D eigenvalue weighted by Crippen LogP contribution is -2.20. The number of pyridine rings is 1. The number of hydrogen-bond donors (Lipinski definition) is 0. The van der Waals surface area contributed by atoms with E-state index in [1.807, 2.05) is 24.3 Å². The topological polar surface area (TPSA) is 60.9 Å². The second-order valence-electron chi connectivity index (χ2n) is 6.01. The molecule has 0 N–H and O–H groups in total. The average Bonchev–Trinajstić information content (AvgIpc) is 3.17. The van der Waals surface area contributed by atoms with Crippen molar-refractivity contribution >= 4 is 33.1 Å². The summed E-state index contributed by atoms with van der Waals surface area (Å²) in [5.74, 6) is -0.760. The van der Waals surface area contributed by atoms with Crippen molar-refractivity contribution in [1.82, 2.24) is 14.0 Å². The molecule has 4 aromatic rings. The molecule has 0 bridgehead atoms. The zero-order valence-electron chi connectivity index (χ0n) is 14.8. The maximum Gasteiger partial charge on any atom is 0.298 e. The van der Waals surface area contributed by atoms with Crippen molar-refractivity contribution in [2.45, 2.75) is 13.5 Å². The van der Waals surface area contributed by atoms with Crippen LogP contribution in [0, 0.1) is 12.7 Å². The number of hydrogen-bond acceptors (Lipinski definition) is 4. The fraction of sp³-hybridized carbons (Fsp3) is 0.211. The Hall–Kier alpha value is -2.84. The maximum atomic E-state index is 14.4. The smallest absolute Gasteiger partial charge is 0.298 e. The molecule has 138 valence electrons. The zero-order valence-corrected chi connectivity index (χ0v) is 15.7. The third kappa shape index (κ3) is 3.07. The molecule has 6 nitrogen and oxygen atoms in total. The van der Waals surface area contributed by atoms with Gasteiger partial charge < -0.3 is 9.30 Å². The lowest BCUT2D eigenvalue weighted by molar-refractivity contribution is 0.0991. The normalized spacial score (nSPS) is 12.3. The molecule has 0 aliphatic carbocycles. The third-order valence-electron chi connectivity index (χ3n) is 4.27. The van der Waals surface area contributed by atoms with Crippen LogP contribution in [0.5, 0.6) is 0 Å². The summed E-state index contributed by atoms with van der Waals surface area (Å²) in [4.78, 5) is 22.1. The lowest BCUT2D eigenvalue weighted by Gasteiger charge is -2.05. The summed E-state index contributed by atoms with van der Waals surface area (Å²) in [5.41, 5.74) is 2.12. The van der Waals surface area contributed by atoms with Crippen molar-refractivity contribution < 1.29 is 13.9 Å². The summed E-state index contributed by atoms with van der Waals surface area (Å²) in [5, 5.41) is 0. The number of nitrogens with zero attached hydrogens (tertiary/aromatic N) is 4. The zero-order chi connectivity index (χ0) is 19.0. The first-order chi connectivity index (χ1) is 13.1. The van der Waals surface area contributed by atoms with Crippen LogP contribution in [0.3, 0.4) is 0 Å². The molecule has 0 atom stereocenters. The molecule has 3 aromatic heterocycles. The molecule has 8 heteroatoms. The van der Waals surface area contributed by atoms with Crippen LogP contribution in [0.15, 0.2) is 47.6 Å². The fourth-order valence-corrected chi connectivity index (χ4v) is 4.14. The van der Waals surface area contributed by atoms with E-state index in [0.717, 1.165) is 4.70 Å². The van der Waals surface area contributed by atoms with E-state index in [2.05, 4.69) is 9.98 Å². The van der Waals surface area contributed by atoms with Crippen molar-refractivity contribution in [1.29, 1.82) is 0 Å². The molecule has 4 rings (SSSR count). The first-order valence-corrected chi connectivity index (χ1v) is 9.21. The lowest BCUT2D eigenvalue weighted by atomic mass is 10.3. The Morgan fingerprint density at radius 3 is 2.96 bits per heavy atom. The van der Waals surface area contributed by atoms with Crippen LogP contribution in [-0.4, -0.2) is 33.6 Å². The van der Waals surface area contributed by atoms with Crippen LogP contribution < -0.4 is 4.80 Å². The second kappa shape index (κ2) is 7.05. The van der Waals surface area contributed by atoms with Gasteiger partial charge in [-0.2, -0.15) is 4.99 Å². The number of aryl methyl sites for hydroxylation is 1. The predicted molar refractivity (Wildman–Crippen MR) is 101 cm³/mol. The minimum Gasteiger partial charge on any atom is -0.383 e. The Bertz CT molecular complexity index is 1220. The van der Waals surface area contributed by atoms with Gasteiger partial charge in [-0.15, -0.1) is 0 Å². The first-order valence-electron chi connectivity index (χ1n) is 8.39. The van der Waals surface area contributed by atoms with Gasteiger partial charge >= 0.3 is 0 Å².